The van der Waals surface area contributed by atoms with E-state index < -0.39 is 0 Å². The van der Waals surface area contributed by atoms with Gasteiger partial charge in [-0.15, -0.1) is 0 Å². The Hall–Kier alpha value is -2.89. The number of fused-ring (bicyclic) bond motifs is 1. The first-order valence-electron chi connectivity index (χ1n) is 10.4. The van der Waals surface area contributed by atoms with Crippen LogP contribution in [0.15, 0.2) is 80.4 Å². The molecule has 0 N–H and O–H groups in total. The second-order valence-corrected chi connectivity index (χ2v) is 10.1. The van der Waals surface area contributed by atoms with Crippen LogP contribution < -0.4 is 10.2 Å². The largest absolute Gasteiger partial charge is 0.478 e. The van der Waals surface area contributed by atoms with Crippen LogP contribution in [0.1, 0.15) is 36.7 Å². The van der Waals surface area contributed by atoms with Crippen molar-refractivity contribution in [1.29, 1.82) is 0 Å². The lowest BCUT2D eigenvalue weighted by Gasteiger charge is -2.19. The van der Waals surface area contributed by atoms with Crippen LogP contribution in [0, 0.1) is 0 Å². The number of ketones is 1. The van der Waals surface area contributed by atoms with Crippen molar-refractivity contribution in [1.82, 2.24) is 0 Å². The highest BCUT2D eigenvalue weighted by Crippen LogP contribution is 2.33. The molecule has 3 aromatic carbocycles. The normalized spacial score (nSPS) is 11.5. The summed E-state index contributed by atoms with van der Waals surface area (Å²) >= 11 is 9.45. The van der Waals surface area contributed by atoms with E-state index in [4.69, 9.17) is 20.8 Å². The molecule has 0 spiro atoms. The van der Waals surface area contributed by atoms with Gasteiger partial charge in [0.1, 0.15) is 5.58 Å². The Labute approximate surface area is 205 Å². The van der Waals surface area contributed by atoms with Crippen LogP contribution in [0.25, 0.3) is 22.3 Å². The van der Waals surface area contributed by atoms with E-state index in [0.717, 1.165) is 10.0 Å². The molecule has 4 aromatic rings. The zero-order chi connectivity index (χ0) is 23.8. The number of carbonyl (C=O) groups excluding carboxylic acids is 1. The zero-order valence-corrected chi connectivity index (χ0v) is 20.8. The fourth-order valence-corrected chi connectivity index (χ4v) is 3.89. The van der Waals surface area contributed by atoms with Crippen molar-refractivity contribution in [3.05, 3.63) is 97.6 Å². The highest BCUT2D eigenvalue weighted by Gasteiger charge is 2.21. The van der Waals surface area contributed by atoms with Crippen LogP contribution in [0.4, 0.5) is 0 Å². The molecule has 0 saturated heterocycles. The Morgan fingerprint density at radius 1 is 1.00 bits per heavy atom. The zero-order valence-electron chi connectivity index (χ0n) is 18.4. The Kier molecular flexibility index (Phi) is 6.46. The molecule has 33 heavy (non-hydrogen) atoms. The third kappa shape index (κ3) is 5.05. The summed E-state index contributed by atoms with van der Waals surface area (Å²) in [7, 11) is 0. The molecular weight excluding hydrogens is 504 g/mol. The summed E-state index contributed by atoms with van der Waals surface area (Å²) in [5.74, 6) is 0.0137. The van der Waals surface area contributed by atoms with Gasteiger partial charge in [0.25, 0.3) is 0 Å². The first kappa shape index (κ1) is 23.3. The number of rotatable bonds is 5. The summed E-state index contributed by atoms with van der Waals surface area (Å²) in [6.45, 7) is 6.09. The summed E-state index contributed by atoms with van der Waals surface area (Å²) in [5.41, 5.74) is 2.32. The van der Waals surface area contributed by atoms with Crippen LogP contribution in [0.5, 0.6) is 5.75 Å². The smallest absolute Gasteiger partial charge is 0.235 e. The number of carbonyl (C=O) groups is 1. The lowest BCUT2D eigenvalue weighted by Crippen LogP contribution is -2.17. The predicted molar refractivity (Wildman–Crippen MR) is 136 cm³/mol. The van der Waals surface area contributed by atoms with Gasteiger partial charge in [-0.25, -0.2) is 0 Å². The molecule has 6 heteroatoms. The number of halogens is 2. The maximum absolute atomic E-state index is 13.3. The molecule has 0 radical (unpaired) electrons. The Morgan fingerprint density at radius 2 is 1.67 bits per heavy atom. The minimum atomic E-state index is -0.378. The molecule has 168 valence electrons. The van der Waals surface area contributed by atoms with E-state index in [0.29, 0.717) is 27.1 Å². The third-order valence-corrected chi connectivity index (χ3v) is 6.10. The standard InChI is InChI=1S/C27H22BrClO4/c1-27(2,3)18-8-4-17(5-9-18)25-26(24(31)21-14-20(29)12-13-23(21)33-25)32-15-22(30)16-6-10-19(28)11-7-16/h4-14H,15H2,1-3H3. The predicted octanol–water partition coefficient (Wildman–Crippen LogP) is 7.44. The van der Waals surface area contributed by atoms with E-state index in [1.54, 1.807) is 42.5 Å². The van der Waals surface area contributed by atoms with Crippen LogP contribution in [0.3, 0.4) is 0 Å². The second-order valence-electron chi connectivity index (χ2n) is 8.78. The van der Waals surface area contributed by atoms with Gasteiger partial charge in [-0.1, -0.05) is 84.7 Å². The van der Waals surface area contributed by atoms with E-state index in [9.17, 15) is 9.59 Å². The highest BCUT2D eigenvalue weighted by atomic mass is 79.9. The molecule has 0 saturated carbocycles. The van der Waals surface area contributed by atoms with Gasteiger partial charge in [0.05, 0.1) is 5.39 Å². The van der Waals surface area contributed by atoms with Gasteiger partial charge in [-0.3, -0.25) is 9.59 Å². The lowest BCUT2D eigenvalue weighted by molar-refractivity contribution is 0.0920. The average molecular weight is 526 g/mol. The second kappa shape index (κ2) is 9.16. The van der Waals surface area contributed by atoms with Gasteiger partial charge < -0.3 is 9.15 Å². The monoisotopic (exact) mass is 524 g/mol. The minimum absolute atomic E-state index is 0.0151. The minimum Gasteiger partial charge on any atom is -0.478 e. The summed E-state index contributed by atoms with van der Waals surface area (Å²) in [6.07, 6.45) is 0. The Bertz CT molecular complexity index is 1380. The van der Waals surface area contributed by atoms with Crippen LogP contribution in [-0.2, 0) is 5.41 Å². The molecule has 0 fully saturated rings. The van der Waals surface area contributed by atoms with Gasteiger partial charge in [0, 0.05) is 20.6 Å². The van der Waals surface area contributed by atoms with E-state index in [-0.39, 0.29) is 34.7 Å². The van der Waals surface area contributed by atoms with Crippen molar-refractivity contribution in [2.75, 3.05) is 6.61 Å². The van der Waals surface area contributed by atoms with Crippen LogP contribution >= 0.6 is 27.5 Å². The van der Waals surface area contributed by atoms with E-state index in [1.165, 1.54) is 0 Å². The van der Waals surface area contributed by atoms with Crippen LogP contribution in [-0.4, -0.2) is 12.4 Å². The molecule has 1 heterocycles. The molecule has 4 rings (SSSR count). The molecule has 0 amide bonds. The first-order valence-corrected chi connectivity index (χ1v) is 11.6. The summed E-state index contributed by atoms with van der Waals surface area (Å²) < 4.78 is 12.8. The van der Waals surface area contributed by atoms with Gasteiger partial charge >= 0.3 is 0 Å². The van der Waals surface area contributed by atoms with Crippen LogP contribution in [0.2, 0.25) is 5.02 Å². The van der Waals surface area contributed by atoms with Gasteiger partial charge in [-0.05, 0) is 41.3 Å². The lowest BCUT2D eigenvalue weighted by atomic mass is 9.86. The fraction of sp³-hybridized carbons (Fsp3) is 0.185. The van der Waals surface area contributed by atoms with Crippen molar-refractivity contribution in [2.45, 2.75) is 26.2 Å². The summed E-state index contributed by atoms with van der Waals surface area (Å²) in [4.78, 5) is 26.0. The van der Waals surface area contributed by atoms with Gasteiger partial charge in [-0.2, -0.15) is 0 Å². The quantitative estimate of drug-likeness (QED) is 0.254. The first-order chi connectivity index (χ1) is 15.6. The number of benzene rings is 3. The van der Waals surface area contributed by atoms with E-state index in [1.807, 2.05) is 24.3 Å². The van der Waals surface area contributed by atoms with E-state index in [2.05, 4.69) is 36.7 Å². The SMILES string of the molecule is CC(C)(C)c1ccc(-c2oc3ccc(Cl)cc3c(=O)c2OCC(=O)c2ccc(Br)cc2)cc1. The third-order valence-electron chi connectivity index (χ3n) is 5.34. The van der Waals surface area contributed by atoms with Crippen molar-refractivity contribution >= 4 is 44.3 Å². The van der Waals surface area contributed by atoms with Crippen molar-refractivity contribution in [2.24, 2.45) is 0 Å². The molecule has 0 aliphatic rings. The maximum atomic E-state index is 13.3. The van der Waals surface area contributed by atoms with Gasteiger partial charge in [0.2, 0.25) is 11.2 Å². The highest BCUT2D eigenvalue weighted by molar-refractivity contribution is 9.10. The number of ether oxygens (including phenoxy) is 1. The molecule has 0 bridgehead atoms. The van der Waals surface area contributed by atoms with Crippen molar-refractivity contribution in [3.8, 4) is 17.1 Å². The molecule has 1 aromatic heterocycles. The average Bonchev–Trinajstić information content (AvgIpc) is 2.78. The number of Topliss-reactive ketones (excluding diaryl/α,β-unsaturated/α-hetero) is 1. The topological polar surface area (TPSA) is 56.5 Å². The number of hydrogen-bond donors (Lipinski definition) is 0. The molecule has 0 aliphatic carbocycles. The maximum Gasteiger partial charge on any atom is 0.235 e. The fourth-order valence-electron chi connectivity index (χ4n) is 3.45. The molecular formula is C27H22BrClO4. The van der Waals surface area contributed by atoms with Crippen molar-refractivity contribution in [3.63, 3.8) is 0 Å². The number of hydrogen-bond acceptors (Lipinski definition) is 4. The van der Waals surface area contributed by atoms with Crippen molar-refractivity contribution < 1.29 is 13.9 Å². The van der Waals surface area contributed by atoms with Gasteiger partial charge in [0.15, 0.2) is 18.2 Å². The molecule has 0 aliphatic heterocycles. The molecule has 0 atom stereocenters. The van der Waals surface area contributed by atoms with E-state index >= 15 is 0 Å². The Balaban J connectivity index is 1.77. The molecule has 0 unspecified atom stereocenters. The Morgan fingerprint density at radius 3 is 2.30 bits per heavy atom. The molecule has 4 nitrogen and oxygen atoms in total. The summed E-state index contributed by atoms with van der Waals surface area (Å²) in [6, 6.07) is 19.6. The summed E-state index contributed by atoms with van der Waals surface area (Å²) in [5, 5.41) is 0.706.